The summed E-state index contributed by atoms with van der Waals surface area (Å²) < 4.78 is 25.9. The second-order valence-corrected chi connectivity index (χ2v) is 4.58. The van der Waals surface area contributed by atoms with Gasteiger partial charge in [-0.3, -0.25) is 9.69 Å². The molecule has 6 heteroatoms. The summed E-state index contributed by atoms with van der Waals surface area (Å²) in [5.74, 6) is -3.39. The maximum atomic E-state index is 12.9. The fraction of sp³-hybridized carbons (Fsp3) is 0.900. The lowest BCUT2D eigenvalue weighted by Crippen LogP contribution is -2.45. The first-order valence-electron chi connectivity index (χ1n) is 5.56. The molecule has 2 aliphatic heterocycles. The van der Waals surface area contributed by atoms with Crippen LogP contribution in [0, 0.1) is 0 Å². The Balaban J connectivity index is 1.85. The lowest BCUT2D eigenvalue weighted by atomic mass is 10.0. The van der Waals surface area contributed by atoms with Crippen LogP contribution in [-0.4, -0.2) is 53.6 Å². The minimum absolute atomic E-state index is 0.0946. The van der Waals surface area contributed by atoms with Crippen LogP contribution in [0.15, 0.2) is 0 Å². The molecule has 2 heterocycles. The maximum Gasteiger partial charge on any atom is 0.320 e. The number of hydrogen-bond acceptors (Lipinski definition) is 3. The van der Waals surface area contributed by atoms with Gasteiger partial charge in [0, 0.05) is 38.5 Å². The molecule has 0 amide bonds. The van der Waals surface area contributed by atoms with Crippen LogP contribution in [0.2, 0.25) is 0 Å². The number of hydrogen-bond donors (Lipinski definition) is 2. The number of aliphatic carboxylic acids is 1. The van der Waals surface area contributed by atoms with Crippen LogP contribution in [0.1, 0.15) is 19.3 Å². The van der Waals surface area contributed by atoms with E-state index in [2.05, 4.69) is 5.32 Å². The highest BCUT2D eigenvalue weighted by Gasteiger charge is 2.39. The SMILES string of the molecule is O=C(O)C1CC(N2CCC(F)(F)CC2)CN1. The monoisotopic (exact) mass is 234 g/mol. The van der Waals surface area contributed by atoms with Crippen molar-refractivity contribution in [2.45, 2.75) is 37.3 Å². The van der Waals surface area contributed by atoms with Crippen molar-refractivity contribution in [2.75, 3.05) is 19.6 Å². The van der Waals surface area contributed by atoms with Crippen LogP contribution in [-0.2, 0) is 4.79 Å². The Hall–Kier alpha value is -0.750. The molecular formula is C10H16F2N2O2. The van der Waals surface area contributed by atoms with Crippen LogP contribution >= 0.6 is 0 Å². The number of likely N-dealkylation sites (tertiary alicyclic amines) is 1. The van der Waals surface area contributed by atoms with Gasteiger partial charge in [0.25, 0.3) is 5.92 Å². The predicted octanol–water partition coefficient (Wildman–Crippen LogP) is 0.533. The van der Waals surface area contributed by atoms with Gasteiger partial charge in [0.05, 0.1) is 0 Å². The summed E-state index contributed by atoms with van der Waals surface area (Å²) in [6.45, 7) is 1.32. The van der Waals surface area contributed by atoms with Crippen molar-refractivity contribution in [3.63, 3.8) is 0 Å². The molecule has 2 N–H and O–H groups in total. The highest BCUT2D eigenvalue weighted by molar-refractivity contribution is 5.73. The van der Waals surface area contributed by atoms with E-state index in [1.807, 2.05) is 4.90 Å². The third kappa shape index (κ3) is 2.49. The summed E-state index contributed by atoms with van der Waals surface area (Å²) in [5, 5.41) is 11.7. The molecule has 0 saturated carbocycles. The van der Waals surface area contributed by atoms with Gasteiger partial charge in [-0.15, -0.1) is 0 Å². The molecule has 0 aromatic rings. The molecule has 2 atom stereocenters. The molecule has 0 radical (unpaired) electrons. The molecule has 2 aliphatic rings. The van der Waals surface area contributed by atoms with E-state index in [0.29, 0.717) is 26.1 Å². The van der Waals surface area contributed by atoms with Gasteiger partial charge in [0.1, 0.15) is 6.04 Å². The van der Waals surface area contributed by atoms with Crippen molar-refractivity contribution in [3.8, 4) is 0 Å². The van der Waals surface area contributed by atoms with Gasteiger partial charge in [-0.1, -0.05) is 0 Å². The molecule has 0 bridgehead atoms. The van der Waals surface area contributed by atoms with Crippen molar-refractivity contribution in [2.24, 2.45) is 0 Å². The number of carboxylic acids is 1. The van der Waals surface area contributed by atoms with E-state index in [9.17, 15) is 13.6 Å². The van der Waals surface area contributed by atoms with Crippen LogP contribution in [0.4, 0.5) is 8.78 Å². The lowest BCUT2D eigenvalue weighted by Gasteiger charge is -2.35. The molecule has 2 fully saturated rings. The summed E-state index contributed by atoms with van der Waals surface area (Å²) in [6, 6.07) is -0.426. The van der Waals surface area contributed by atoms with E-state index in [0.717, 1.165) is 0 Å². The molecule has 2 saturated heterocycles. The van der Waals surface area contributed by atoms with E-state index in [4.69, 9.17) is 5.11 Å². The Morgan fingerprint density at radius 3 is 2.50 bits per heavy atom. The molecule has 2 unspecified atom stereocenters. The van der Waals surface area contributed by atoms with Gasteiger partial charge in [0.15, 0.2) is 0 Å². The minimum Gasteiger partial charge on any atom is -0.480 e. The van der Waals surface area contributed by atoms with Gasteiger partial charge in [-0.05, 0) is 6.42 Å². The van der Waals surface area contributed by atoms with Crippen LogP contribution < -0.4 is 5.32 Å². The zero-order chi connectivity index (χ0) is 11.8. The second-order valence-electron chi connectivity index (χ2n) is 4.58. The topological polar surface area (TPSA) is 52.6 Å². The molecule has 0 aromatic carbocycles. The summed E-state index contributed by atoms with van der Waals surface area (Å²) in [4.78, 5) is 12.7. The van der Waals surface area contributed by atoms with Crippen molar-refractivity contribution < 1.29 is 18.7 Å². The average Bonchev–Trinajstić information content (AvgIpc) is 2.66. The maximum absolute atomic E-state index is 12.9. The zero-order valence-electron chi connectivity index (χ0n) is 8.96. The summed E-state index contributed by atoms with van der Waals surface area (Å²) in [7, 11) is 0. The Morgan fingerprint density at radius 2 is 2.00 bits per heavy atom. The van der Waals surface area contributed by atoms with Crippen molar-refractivity contribution in [3.05, 3.63) is 0 Å². The van der Waals surface area contributed by atoms with Crippen molar-refractivity contribution in [1.82, 2.24) is 10.2 Å². The van der Waals surface area contributed by atoms with Gasteiger partial charge in [-0.25, -0.2) is 8.78 Å². The van der Waals surface area contributed by atoms with Gasteiger partial charge in [-0.2, -0.15) is 0 Å². The molecule has 0 aliphatic carbocycles. The summed E-state index contributed by atoms with van der Waals surface area (Å²) >= 11 is 0. The highest BCUT2D eigenvalue weighted by atomic mass is 19.3. The Kier molecular flexibility index (Phi) is 3.12. The first-order valence-corrected chi connectivity index (χ1v) is 5.56. The van der Waals surface area contributed by atoms with E-state index < -0.39 is 17.9 Å². The number of halogens is 2. The van der Waals surface area contributed by atoms with Crippen LogP contribution in [0.3, 0.4) is 0 Å². The number of nitrogens with one attached hydrogen (secondary N) is 1. The molecule has 0 spiro atoms. The molecular weight excluding hydrogens is 218 g/mol. The van der Waals surface area contributed by atoms with Crippen LogP contribution in [0.25, 0.3) is 0 Å². The van der Waals surface area contributed by atoms with Crippen LogP contribution in [0.5, 0.6) is 0 Å². The Morgan fingerprint density at radius 1 is 1.38 bits per heavy atom. The predicted molar refractivity (Wildman–Crippen MR) is 53.6 cm³/mol. The minimum atomic E-state index is -2.53. The molecule has 92 valence electrons. The Labute approximate surface area is 92.6 Å². The summed E-state index contributed by atoms with van der Waals surface area (Å²) in [5.41, 5.74) is 0. The first-order chi connectivity index (χ1) is 7.48. The summed E-state index contributed by atoms with van der Waals surface area (Å²) in [6.07, 6.45) is 0.295. The molecule has 2 rings (SSSR count). The number of carbonyl (C=O) groups is 1. The quantitative estimate of drug-likeness (QED) is 0.732. The standard InChI is InChI=1S/C10H16F2N2O2/c11-10(12)1-3-14(4-2-10)7-5-8(9(15)16)13-6-7/h7-8,13H,1-6H2,(H,15,16). The number of carboxylic acid groups (broad SMARTS) is 1. The van der Waals surface area contributed by atoms with Gasteiger partial charge < -0.3 is 10.4 Å². The third-order valence-corrected chi connectivity index (χ3v) is 3.45. The molecule has 0 aromatic heterocycles. The van der Waals surface area contributed by atoms with E-state index in [-0.39, 0.29) is 18.9 Å². The highest BCUT2D eigenvalue weighted by Crippen LogP contribution is 2.29. The number of nitrogens with zero attached hydrogens (tertiary/aromatic N) is 1. The molecule has 4 nitrogen and oxygen atoms in total. The second kappa shape index (κ2) is 4.25. The van der Waals surface area contributed by atoms with E-state index in [1.54, 1.807) is 0 Å². The van der Waals surface area contributed by atoms with Gasteiger partial charge >= 0.3 is 5.97 Å². The normalized spacial score (nSPS) is 35.1. The largest absolute Gasteiger partial charge is 0.480 e. The van der Waals surface area contributed by atoms with E-state index in [1.165, 1.54) is 0 Å². The lowest BCUT2D eigenvalue weighted by molar-refractivity contribution is -0.139. The van der Waals surface area contributed by atoms with Gasteiger partial charge in [0.2, 0.25) is 0 Å². The zero-order valence-corrected chi connectivity index (χ0v) is 8.96. The Bertz CT molecular complexity index is 276. The fourth-order valence-electron chi connectivity index (χ4n) is 2.40. The number of piperidine rings is 1. The average molecular weight is 234 g/mol. The fourth-order valence-corrected chi connectivity index (χ4v) is 2.40. The smallest absolute Gasteiger partial charge is 0.320 e. The number of alkyl halides is 2. The van der Waals surface area contributed by atoms with E-state index >= 15 is 0 Å². The third-order valence-electron chi connectivity index (χ3n) is 3.45. The molecule has 16 heavy (non-hydrogen) atoms. The first kappa shape index (κ1) is 11.7. The van der Waals surface area contributed by atoms with Crippen molar-refractivity contribution in [1.29, 1.82) is 0 Å². The number of rotatable bonds is 2. The van der Waals surface area contributed by atoms with Crippen molar-refractivity contribution >= 4 is 5.97 Å².